The second-order valence-electron chi connectivity index (χ2n) is 7.48. The Morgan fingerprint density at radius 2 is 1.67 bits per heavy atom. The summed E-state index contributed by atoms with van der Waals surface area (Å²) < 4.78 is 7.36. The molecule has 2 amide bonds. The van der Waals surface area contributed by atoms with Crippen molar-refractivity contribution in [3.63, 3.8) is 0 Å². The number of benzene rings is 2. The van der Waals surface area contributed by atoms with E-state index in [0.717, 1.165) is 5.69 Å². The normalized spacial score (nSPS) is 18.8. The Labute approximate surface area is 175 Å². The summed E-state index contributed by atoms with van der Waals surface area (Å²) in [6, 6.07) is 16.6. The van der Waals surface area contributed by atoms with Gasteiger partial charge in [-0.15, -0.1) is 0 Å². The van der Waals surface area contributed by atoms with Crippen LogP contribution in [0.1, 0.15) is 34.6 Å². The third-order valence-electron chi connectivity index (χ3n) is 4.98. The zero-order valence-corrected chi connectivity index (χ0v) is 17.0. The topological polar surface area (TPSA) is 76.5 Å². The number of amides is 2. The van der Waals surface area contributed by atoms with Crippen molar-refractivity contribution in [3.8, 4) is 5.69 Å². The summed E-state index contributed by atoms with van der Waals surface area (Å²) in [5, 5.41) is 7.13. The summed E-state index contributed by atoms with van der Waals surface area (Å²) in [6.45, 7) is 4.95. The Balaban J connectivity index is 1.52. The van der Waals surface area contributed by atoms with E-state index in [9.17, 15) is 9.59 Å². The second-order valence-corrected chi connectivity index (χ2v) is 7.48. The van der Waals surface area contributed by atoms with Gasteiger partial charge in [0.15, 0.2) is 0 Å². The van der Waals surface area contributed by atoms with Gasteiger partial charge in [0.2, 0.25) is 0 Å². The van der Waals surface area contributed by atoms with Gasteiger partial charge in [-0.3, -0.25) is 9.59 Å². The Morgan fingerprint density at radius 1 is 1.00 bits per heavy atom. The number of para-hydroxylation sites is 2. The van der Waals surface area contributed by atoms with Gasteiger partial charge in [0.1, 0.15) is 0 Å². The molecular weight excluding hydrogens is 380 g/mol. The molecule has 7 nitrogen and oxygen atoms in total. The third kappa shape index (κ3) is 4.26. The van der Waals surface area contributed by atoms with Crippen LogP contribution >= 0.6 is 0 Å². The smallest absolute Gasteiger partial charge is 0.258 e. The van der Waals surface area contributed by atoms with Gasteiger partial charge in [-0.05, 0) is 38.1 Å². The van der Waals surface area contributed by atoms with Crippen molar-refractivity contribution in [3.05, 3.63) is 78.1 Å². The van der Waals surface area contributed by atoms with Crippen molar-refractivity contribution in [2.75, 3.05) is 18.4 Å². The van der Waals surface area contributed by atoms with E-state index in [1.54, 1.807) is 40.0 Å². The number of nitrogens with one attached hydrogen (secondary N) is 1. The number of morpholine rings is 1. The molecule has 1 N–H and O–H groups in total. The highest BCUT2D eigenvalue weighted by molar-refractivity contribution is 6.08. The minimum Gasteiger partial charge on any atom is -0.372 e. The fourth-order valence-corrected chi connectivity index (χ4v) is 3.65. The molecule has 4 rings (SSSR count). The number of aromatic nitrogens is 2. The summed E-state index contributed by atoms with van der Waals surface area (Å²) in [5.74, 6) is -0.436. The van der Waals surface area contributed by atoms with E-state index in [-0.39, 0.29) is 24.0 Å². The van der Waals surface area contributed by atoms with Gasteiger partial charge in [0.25, 0.3) is 11.8 Å². The first-order valence-electron chi connectivity index (χ1n) is 9.96. The summed E-state index contributed by atoms with van der Waals surface area (Å²) in [5.41, 5.74) is 2.21. The minimum absolute atomic E-state index is 0.0247. The summed E-state index contributed by atoms with van der Waals surface area (Å²) in [4.78, 5) is 27.7. The quantitative estimate of drug-likeness (QED) is 0.723. The monoisotopic (exact) mass is 404 g/mol. The maximum absolute atomic E-state index is 13.1. The fraction of sp³-hybridized carbons (Fsp3) is 0.261. The summed E-state index contributed by atoms with van der Waals surface area (Å²) >= 11 is 0. The molecule has 154 valence electrons. The van der Waals surface area contributed by atoms with E-state index < -0.39 is 0 Å². The summed E-state index contributed by atoms with van der Waals surface area (Å²) in [6.07, 6.45) is 3.13. The molecule has 3 aromatic rings. The number of hydrogen-bond acceptors (Lipinski definition) is 4. The summed E-state index contributed by atoms with van der Waals surface area (Å²) in [7, 11) is 0. The molecule has 0 saturated carbocycles. The largest absolute Gasteiger partial charge is 0.372 e. The van der Waals surface area contributed by atoms with Crippen LogP contribution in [0.5, 0.6) is 0 Å². The zero-order chi connectivity index (χ0) is 21.1. The molecule has 7 heteroatoms. The van der Waals surface area contributed by atoms with Gasteiger partial charge in [-0.1, -0.05) is 30.3 Å². The molecule has 2 aromatic carbocycles. The highest BCUT2D eigenvalue weighted by Gasteiger charge is 2.28. The van der Waals surface area contributed by atoms with Crippen LogP contribution < -0.4 is 5.32 Å². The van der Waals surface area contributed by atoms with E-state index in [4.69, 9.17) is 4.74 Å². The lowest BCUT2D eigenvalue weighted by molar-refractivity contribution is -0.0585. The lowest BCUT2D eigenvalue weighted by Gasteiger charge is -2.35. The number of rotatable bonds is 4. The van der Waals surface area contributed by atoms with Gasteiger partial charge in [0, 0.05) is 19.3 Å². The standard InChI is InChI=1S/C23H24N4O3/c1-16-13-26(14-17(2)30-16)23(29)20-10-6-7-11-21(20)25-22(28)18-12-24-27(15-18)19-8-4-3-5-9-19/h3-12,15-17H,13-14H2,1-2H3,(H,25,28)/t16-,17-/m0/s1. The zero-order valence-electron chi connectivity index (χ0n) is 17.0. The third-order valence-corrected chi connectivity index (χ3v) is 4.98. The molecule has 1 aliphatic heterocycles. The van der Waals surface area contributed by atoms with Crippen LogP contribution in [-0.4, -0.2) is 51.8 Å². The first-order valence-corrected chi connectivity index (χ1v) is 9.96. The molecule has 0 radical (unpaired) electrons. The van der Waals surface area contributed by atoms with Crippen LogP contribution in [0.3, 0.4) is 0 Å². The van der Waals surface area contributed by atoms with E-state index in [2.05, 4.69) is 10.4 Å². The molecule has 0 unspecified atom stereocenters. The van der Waals surface area contributed by atoms with E-state index in [1.807, 2.05) is 44.2 Å². The van der Waals surface area contributed by atoms with Crippen LogP contribution in [0, 0.1) is 0 Å². The van der Waals surface area contributed by atoms with Crippen molar-refractivity contribution >= 4 is 17.5 Å². The van der Waals surface area contributed by atoms with Crippen molar-refractivity contribution in [1.82, 2.24) is 14.7 Å². The van der Waals surface area contributed by atoms with Crippen LogP contribution in [0.25, 0.3) is 5.69 Å². The van der Waals surface area contributed by atoms with Crippen molar-refractivity contribution in [2.45, 2.75) is 26.1 Å². The molecule has 2 heterocycles. The van der Waals surface area contributed by atoms with Gasteiger partial charge in [0.05, 0.1) is 40.9 Å². The Morgan fingerprint density at radius 3 is 2.40 bits per heavy atom. The number of anilines is 1. The lowest BCUT2D eigenvalue weighted by Crippen LogP contribution is -2.48. The SMILES string of the molecule is C[C@H]1CN(C(=O)c2ccccc2NC(=O)c2cnn(-c3ccccc3)c2)C[C@H](C)O1. The Bertz CT molecular complexity index is 1040. The first-order chi connectivity index (χ1) is 14.5. The second kappa shape index (κ2) is 8.51. The molecule has 2 atom stereocenters. The van der Waals surface area contributed by atoms with Crippen LogP contribution in [0.4, 0.5) is 5.69 Å². The number of nitrogens with zero attached hydrogens (tertiary/aromatic N) is 3. The van der Waals surface area contributed by atoms with Crippen molar-refractivity contribution < 1.29 is 14.3 Å². The molecule has 0 bridgehead atoms. The molecule has 0 aliphatic carbocycles. The van der Waals surface area contributed by atoms with Crippen LogP contribution in [0.2, 0.25) is 0 Å². The molecule has 1 saturated heterocycles. The van der Waals surface area contributed by atoms with Crippen molar-refractivity contribution in [1.29, 1.82) is 0 Å². The highest BCUT2D eigenvalue weighted by Crippen LogP contribution is 2.21. The molecule has 30 heavy (non-hydrogen) atoms. The van der Waals surface area contributed by atoms with Gasteiger partial charge >= 0.3 is 0 Å². The predicted octanol–water partition coefficient (Wildman–Crippen LogP) is 3.37. The maximum Gasteiger partial charge on any atom is 0.258 e. The first kappa shape index (κ1) is 19.8. The molecular formula is C23H24N4O3. The molecule has 0 spiro atoms. The Kier molecular flexibility index (Phi) is 5.63. The van der Waals surface area contributed by atoms with Gasteiger partial charge < -0.3 is 15.0 Å². The fourth-order valence-electron chi connectivity index (χ4n) is 3.65. The maximum atomic E-state index is 13.1. The van der Waals surface area contributed by atoms with Gasteiger partial charge in [-0.2, -0.15) is 5.10 Å². The lowest BCUT2D eigenvalue weighted by atomic mass is 10.1. The van der Waals surface area contributed by atoms with Crippen molar-refractivity contribution in [2.24, 2.45) is 0 Å². The van der Waals surface area contributed by atoms with Gasteiger partial charge in [-0.25, -0.2) is 4.68 Å². The highest BCUT2D eigenvalue weighted by atomic mass is 16.5. The number of ether oxygens (including phenoxy) is 1. The average Bonchev–Trinajstić information content (AvgIpc) is 3.24. The van der Waals surface area contributed by atoms with Crippen LogP contribution in [0.15, 0.2) is 67.0 Å². The molecule has 1 aliphatic rings. The van der Waals surface area contributed by atoms with E-state index in [0.29, 0.717) is 29.9 Å². The van der Waals surface area contributed by atoms with Crippen LogP contribution in [-0.2, 0) is 4.74 Å². The average molecular weight is 404 g/mol. The number of carbonyl (C=O) groups is 2. The predicted molar refractivity (Wildman–Crippen MR) is 114 cm³/mol. The number of carbonyl (C=O) groups excluding carboxylic acids is 2. The minimum atomic E-state index is -0.318. The number of hydrogen-bond donors (Lipinski definition) is 1. The Hall–Kier alpha value is -3.45. The van der Waals surface area contributed by atoms with E-state index >= 15 is 0 Å². The molecule has 1 fully saturated rings. The van der Waals surface area contributed by atoms with E-state index in [1.165, 1.54) is 6.20 Å². The molecule has 1 aromatic heterocycles.